The van der Waals surface area contributed by atoms with Gasteiger partial charge in [-0.15, -0.1) is 0 Å². The van der Waals surface area contributed by atoms with E-state index in [0.29, 0.717) is 24.0 Å². The van der Waals surface area contributed by atoms with Crippen molar-refractivity contribution in [1.29, 1.82) is 0 Å². The number of aromatic nitrogens is 4. The number of aromatic amines is 2. The van der Waals surface area contributed by atoms with E-state index in [-0.39, 0.29) is 0 Å². The van der Waals surface area contributed by atoms with Crippen molar-refractivity contribution >= 4 is 0 Å². The minimum atomic E-state index is 0.317. The van der Waals surface area contributed by atoms with Crippen molar-refractivity contribution in [2.45, 2.75) is 57.3 Å². The molecule has 2 saturated heterocycles. The van der Waals surface area contributed by atoms with Gasteiger partial charge in [-0.2, -0.15) is 0 Å². The zero-order valence-electron chi connectivity index (χ0n) is 20.3. The van der Waals surface area contributed by atoms with Gasteiger partial charge in [-0.25, -0.2) is 9.97 Å². The summed E-state index contributed by atoms with van der Waals surface area (Å²) < 4.78 is 0. The molecule has 35 heavy (non-hydrogen) atoms. The Balaban J connectivity index is 1.04. The molecule has 3 aliphatic rings. The molecular weight excluding hydrogens is 432 g/mol. The van der Waals surface area contributed by atoms with E-state index in [2.05, 4.69) is 92.9 Å². The van der Waals surface area contributed by atoms with Crippen molar-refractivity contribution in [3.05, 3.63) is 72.6 Å². The van der Waals surface area contributed by atoms with Crippen LogP contribution >= 0.6 is 0 Å². The lowest BCUT2D eigenvalue weighted by Crippen LogP contribution is -2.24. The molecule has 1 aliphatic carbocycles. The average molecular weight is 465 g/mol. The molecule has 6 atom stereocenters. The van der Waals surface area contributed by atoms with Crippen LogP contribution in [-0.4, -0.2) is 32.0 Å². The summed E-state index contributed by atoms with van der Waals surface area (Å²) >= 11 is 0. The topological polar surface area (TPSA) is 81.4 Å². The maximum absolute atomic E-state index is 4.67. The number of nitrogens with zero attached hydrogens (tertiary/aromatic N) is 2. The van der Waals surface area contributed by atoms with E-state index >= 15 is 0 Å². The Morgan fingerprint density at radius 3 is 1.60 bits per heavy atom. The summed E-state index contributed by atoms with van der Waals surface area (Å²) in [5.74, 6) is 3.65. The van der Waals surface area contributed by atoms with Crippen molar-refractivity contribution in [2.75, 3.05) is 0 Å². The number of hydrogen-bond acceptors (Lipinski definition) is 4. The number of hydrogen-bond donors (Lipinski definition) is 4. The lowest BCUT2D eigenvalue weighted by molar-refractivity contribution is 0.516. The number of rotatable bonds is 5. The van der Waals surface area contributed by atoms with Gasteiger partial charge in [0.1, 0.15) is 11.6 Å². The third-order valence-electron chi connectivity index (χ3n) is 8.38. The third kappa shape index (κ3) is 3.91. The fourth-order valence-electron chi connectivity index (χ4n) is 5.85. The predicted octanol–water partition coefficient (Wildman–Crippen LogP) is 5.62. The van der Waals surface area contributed by atoms with Crippen molar-refractivity contribution in [3.8, 4) is 33.6 Å². The van der Waals surface area contributed by atoms with Crippen molar-refractivity contribution in [2.24, 2.45) is 11.8 Å². The lowest BCUT2D eigenvalue weighted by Gasteiger charge is -2.09. The van der Waals surface area contributed by atoms with Crippen LogP contribution in [-0.2, 0) is 0 Å². The maximum Gasteiger partial charge on any atom is 0.123 e. The highest BCUT2D eigenvalue weighted by Gasteiger charge is 2.46. The van der Waals surface area contributed by atoms with Gasteiger partial charge in [0.15, 0.2) is 0 Å². The highest BCUT2D eigenvalue weighted by Crippen LogP contribution is 2.45. The van der Waals surface area contributed by atoms with Gasteiger partial charge in [0, 0.05) is 12.1 Å². The molecule has 2 aliphatic heterocycles. The fraction of sp³-hybridized carbons (Fsp3) is 0.379. The quantitative estimate of drug-likeness (QED) is 0.309. The predicted molar refractivity (Wildman–Crippen MR) is 139 cm³/mol. The molecule has 2 aromatic carbocycles. The SMILES string of the molecule is C[C@@H]1C[C@@H](c2ncc(-c3ccc(-c4ccc(-c5cnc([C@@H]6C[C@H]7C[C@H]7N6)[nH]5)cc4)cc3)[nH]2)N[C@@H]1C. The second-order valence-corrected chi connectivity index (χ2v) is 10.8. The van der Waals surface area contributed by atoms with E-state index in [1.165, 1.54) is 29.5 Å². The van der Waals surface area contributed by atoms with Gasteiger partial charge in [0.25, 0.3) is 0 Å². The van der Waals surface area contributed by atoms with Gasteiger partial charge in [0.2, 0.25) is 0 Å². The van der Waals surface area contributed by atoms with Crippen LogP contribution in [0.15, 0.2) is 60.9 Å². The molecule has 7 rings (SSSR count). The Labute approximate surface area is 206 Å². The molecular formula is C29H32N6. The molecule has 1 saturated carbocycles. The van der Waals surface area contributed by atoms with E-state index in [0.717, 1.165) is 47.0 Å². The first-order chi connectivity index (χ1) is 17.1. The maximum atomic E-state index is 4.67. The van der Waals surface area contributed by atoms with Crippen LogP contribution in [0.4, 0.5) is 0 Å². The largest absolute Gasteiger partial charge is 0.341 e. The van der Waals surface area contributed by atoms with E-state index in [1.54, 1.807) is 0 Å². The highest BCUT2D eigenvalue weighted by atomic mass is 15.1. The van der Waals surface area contributed by atoms with E-state index in [1.807, 2.05) is 12.4 Å². The van der Waals surface area contributed by atoms with Crippen LogP contribution < -0.4 is 10.6 Å². The number of nitrogens with one attached hydrogen (secondary N) is 4. The molecule has 2 aromatic heterocycles. The number of piperidine rings is 1. The van der Waals surface area contributed by atoms with E-state index in [4.69, 9.17) is 0 Å². The Hall–Kier alpha value is -3.22. The Morgan fingerprint density at radius 1 is 0.629 bits per heavy atom. The summed E-state index contributed by atoms with van der Waals surface area (Å²) in [7, 11) is 0. The first-order valence-corrected chi connectivity index (χ1v) is 12.9. The van der Waals surface area contributed by atoms with Crippen LogP contribution in [0.3, 0.4) is 0 Å². The van der Waals surface area contributed by atoms with Gasteiger partial charge in [-0.1, -0.05) is 55.5 Å². The van der Waals surface area contributed by atoms with Crippen molar-refractivity contribution in [3.63, 3.8) is 0 Å². The molecule has 0 amide bonds. The smallest absolute Gasteiger partial charge is 0.123 e. The molecule has 0 unspecified atom stereocenters. The van der Waals surface area contributed by atoms with Crippen molar-refractivity contribution in [1.82, 2.24) is 30.6 Å². The van der Waals surface area contributed by atoms with Crippen LogP contribution in [0.5, 0.6) is 0 Å². The molecule has 4 N–H and O–H groups in total. The molecule has 0 spiro atoms. The molecule has 4 aromatic rings. The number of H-pyrrole nitrogens is 2. The first kappa shape index (κ1) is 21.1. The van der Waals surface area contributed by atoms with E-state index < -0.39 is 0 Å². The number of fused-ring (bicyclic) bond motifs is 1. The molecule has 178 valence electrons. The minimum Gasteiger partial charge on any atom is -0.341 e. The molecule has 6 nitrogen and oxygen atoms in total. The van der Waals surface area contributed by atoms with Gasteiger partial charge in [0.05, 0.1) is 35.9 Å². The van der Waals surface area contributed by atoms with Gasteiger partial charge in [-0.05, 0) is 60.3 Å². The minimum absolute atomic E-state index is 0.317. The van der Waals surface area contributed by atoms with Crippen molar-refractivity contribution < 1.29 is 0 Å². The number of benzene rings is 2. The normalized spacial score (nSPS) is 29.4. The molecule has 0 bridgehead atoms. The van der Waals surface area contributed by atoms with Gasteiger partial charge >= 0.3 is 0 Å². The van der Waals surface area contributed by atoms with Gasteiger partial charge in [-0.3, -0.25) is 0 Å². The second-order valence-electron chi connectivity index (χ2n) is 10.8. The third-order valence-corrected chi connectivity index (χ3v) is 8.38. The first-order valence-electron chi connectivity index (χ1n) is 12.9. The van der Waals surface area contributed by atoms with Crippen LogP contribution in [0.1, 0.15) is 56.8 Å². The molecule has 0 radical (unpaired) electrons. The van der Waals surface area contributed by atoms with Crippen LogP contribution in [0.2, 0.25) is 0 Å². The number of imidazole rings is 2. The summed E-state index contributed by atoms with van der Waals surface area (Å²) in [5.41, 5.74) is 6.90. The average Bonchev–Trinajstić information content (AvgIpc) is 3.41. The molecule has 3 fully saturated rings. The lowest BCUT2D eigenvalue weighted by atomic mass is 10.0. The van der Waals surface area contributed by atoms with Crippen LogP contribution in [0.25, 0.3) is 33.6 Å². The highest BCUT2D eigenvalue weighted by molar-refractivity contribution is 5.71. The van der Waals surface area contributed by atoms with E-state index in [9.17, 15) is 0 Å². The standard InChI is InChI=1S/C29H32N6/c1-16-11-24(32-17(16)2)28-30-14-26(34-28)20-7-3-18(4-8-20)19-5-9-21(10-6-19)27-15-31-29(35-27)25-13-22-12-23(22)33-25/h3-10,14-17,22-25,32-33H,11-13H2,1-2H3,(H,30,34)(H,31,35)/t16-,17-,22-,23-,24+,25+/m1/s1. The second kappa shape index (κ2) is 8.18. The summed E-state index contributed by atoms with van der Waals surface area (Å²) in [6.07, 6.45) is 7.60. The Morgan fingerprint density at radius 2 is 1.14 bits per heavy atom. The molecule has 4 heterocycles. The molecule has 6 heteroatoms. The Bertz CT molecular complexity index is 1310. The zero-order valence-corrected chi connectivity index (χ0v) is 20.3. The fourth-order valence-corrected chi connectivity index (χ4v) is 5.85. The monoisotopic (exact) mass is 464 g/mol. The summed E-state index contributed by atoms with van der Waals surface area (Å²) in [5, 5.41) is 7.32. The summed E-state index contributed by atoms with van der Waals surface area (Å²) in [6.45, 7) is 4.55. The summed E-state index contributed by atoms with van der Waals surface area (Å²) in [6, 6.07) is 19.4. The zero-order chi connectivity index (χ0) is 23.5. The van der Waals surface area contributed by atoms with Crippen LogP contribution in [0, 0.1) is 11.8 Å². The summed E-state index contributed by atoms with van der Waals surface area (Å²) in [4.78, 5) is 16.4. The van der Waals surface area contributed by atoms with Gasteiger partial charge < -0.3 is 20.6 Å². The Kier molecular flexibility index (Phi) is 4.93.